The summed E-state index contributed by atoms with van der Waals surface area (Å²) in [6.45, 7) is 6.84. The Bertz CT molecular complexity index is 971. The number of piperidine rings is 1. The lowest BCUT2D eigenvalue weighted by Crippen LogP contribution is -2.51. The smallest absolute Gasteiger partial charge is 0.243 e. The third kappa shape index (κ3) is 4.28. The topological polar surface area (TPSA) is 66.5 Å². The maximum atomic E-state index is 13.1. The molecule has 1 aliphatic heterocycles. The molecule has 3 rings (SSSR count). The van der Waals surface area contributed by atoms with Crippen LogP contribution < -0.4 is 5.32 Å². The number of nitrogens with zero attached hydrogens (tertiary/aromatic N) is 1. The van der Waals surface area contributed by atoms with Crippen LogP contribution in [0, 0.1) is 19.3 Å². The van der Waals surface area contributed by atoms with E-state index < -0.39 is 15.4 Å². The van der Waals surface area contributed by atoms with Crippen LogP contribution in [0.4, 0.5) is 0 Å². The number of rotatable bonds is 5. The van der Waals surface area contributed by atoms with Gasteiger partial charge < -0.3 is 5.32 Å². The second-order valence-corrected chi connectivity index (χ2v) is 9.87. The van der Waals surface area contributed by atoms with Crippen LogP contribution in [0.15, 0.2) is 53.4 Å². The van der Waals surface area contributed by atoms with E-state index in [1.165, 1.54) is 4.31 Å². The van der Waals surface area contributed by atoms with Gasteiger partial charge in [0.15, 0.2) is 0 Å². The molecule has 1 aliphatic rings. The van der Waals surface area contributed by atoms with Crippen molar-refractivity contribution < 1.29 is 13.2 Å². The zero-order valence-electron chi connectivity index (χ0n) is 16.7. The summed E-state index contributed by atoms with van der Waals surface area (Å²) in [4.78, 5) is 13.2. The summed E-state index contributed by atoms with van der Waals surface area (Å²) in [5.41, 5.74) is 2.36. The number of hydrogen-bond acceptors (Lipinski definition) is 3. The Hall–Kier alpha value is -2.18. The Morgan fingerprint density at radius 1 is 1.14 bits per heavy atom. The summed E-state index contributed by atoms with van der Waals surface area (Å²) < 4.78 is 27.6. The van der Waals surface area contributed by atoms with Gasteiger partial charge in [0.05, 0.1) is 10.3 Å². The van der Waals surface area contributed by atoms with Crippen molar-refractivity contribution in [3.8, 4) is 0 Å². The molecule has 0 radical (unpaired) electrons. The molecule has 0 saturated carbocycles. The van der Waals surface area contributed by atoms with E-state index in [0.717, 1.165) is 16.7 Å². The molecular weight excluding hydrogens is 372 g/mol. The number of carbonyl (C=O) groups excluding carboxylic acids is 1. The molecule has 0 aliphatic carbocycles. The largest absolute Gasteiger partial charge is 0.352 e. The second kappa shape index (κ2) is 8.05. The van der Waals surface area contributed by atoms with Gasteiger partial charge in [-0.15, -0.1) is 0 Å². The maximum absolute atomic E-state index is 13.1. The van der Waals surface area contributed by atoms with E-state index in [1.54, 1.807) is 18.2 Å². The summed E-state index contributed by atoms with van der Waals surface area (Å²) in [6.07, 6.45) is 1.34. The van der Waals surface area contributed by atoms with Crippen molar-refractivity contribution in [2.75, 3.05) is 13.1 Å². The summed E-state index contributed by atoms with van der Waals surface area (Å²) in [7, 11) is -3.61. The van der Waals surface area contributed by atoms with Crippen LogP contribution in [0.25, 0.3) is 0 Å². The fraction of sp³-hybridized carbons (Fsp3) is 0.409. The molecule has 1 fully saturated rings. The number of amides is 1. The van der Waals surface area contributed by atoms with E-state index >= 15 is 0 Å². The molecular formula is C22H28N2O3S. The van der Waals surface area contributed by atoms with Crippen molar-refractivity contribution in [2.24, 2.45) is 5.41 Å². The normalized spacial score (nSPS) is 20.7. The van der Waals surface area contributed by atoms with Gasteiger partial charge in [-0.2, -0.15) is 4.31 Å². The first-order valence-corrected chi connectivity index (χ1v) is 11.1. The third-order valence-electron chi connectivity index (χ3n) is 5.54. The number of carbonyl (C=O) groups is 1. The fourth-order valence-corrected chi connectivity index (χ4v) is 5.41. The predicted octanol–water partition coefficient (Wildman–Crippen LogP) is 3.41. The van der Waals surface area contributed by atoms with Gasteiger partial charge in [0, 0.05) is 19.6 Å². The zero-order chi connectivity index (χ0) is 20.4. The summed E-state index contributed by atoms with van der Waals surface area (Å²) >= 11 is 0. The minimum Gasteiger partial charge on any atom is -0.352 e. The molecule has 2 aromatic rings. The SMILES string of the molecule is Cc1cccc(S(=O)(=O)N2CCC[C@](C)(C(=O)NCc3ccccc3C)C2)c1. The lowest BCUT2D eigenvalue weighted by molar-refractivity contribution is -0.132. The number of sulfonamides is 1. The first-order valence-electron chi connectivity index (χ1n) is 9.62. The molecule has 1 N–H and O–H groups in total. The predicted molar refractivity (Wildman–Crippen MR) is 110 cm³/mol. The molecule has 1 heterocycles. The average molecular weight is 401 g/mol. The Labute approximate surface area is 167 Å². The molecule has 1 amide bonds. The van der Waals surface area contributed by atoms with Crippen LogP contribution in [0.1, 0.15) is 36.5 Å². The minimum atomic E-state index is -3.61. The highest BCUT2D eigenvalue weighted by atomic mass is 32.2. The van der Waals surface area contributed by atoms with Crippen LogP contribution >= 0.6 is 0 Å². The van der Waals surface area contributed by atoms with Crippen molar-refractivity contribution in [1.82, 2.24) is 9.62 Å². The van der Waals surface area contributed by atoms with Gasteiger partial charge >= 0.3 is 0 Å². The van der Waals surface area contributed by atoms with E-state index in [4.69, 9.17) is 0 Å². The number of benzene rings is 2. The van der Waals surface area contributed by atoms with E-state index in [9.17, 15) is 13.2 Å². The molecule has 6 heteroatoms. The average Bonchev–Trinajstić information content (AvgIpc) is 2.67. The van der Waals surface area contributed by atoms with Gasteiger partial charge in [0.2, 0.25) is 15.9 Å². The van der Waals surface area contributed by atoms with Gasteiger partial charge in [0.1, 0.15) is 0 Å². The summed E-state index contributed by atoms with van der Waals surface area (Å²) in [6, 6.07) is 14.8. The standard InChI is InChI=1S/C22H28N2O3S/c1-17-8-6-11-20(14-17)28(26,27)24-13-7-12-22(3,16-24)21(25)23-15-19-10-5-4-9-18(19)2/h4-6,8-11,14H,7,12-13,15-16H2,1-3H3,(H,23,25)/t22-/m0/s1. The van der Waals surface area contributed by atoms with Crippen molar-refractivity contribution in [3.63, 3.8) is 0 Å². The van der Waals surface area contributed by atoms with Gasteiger partial charge in [-0.25, -0.2) is 8.42 Å². The first kappa shape index (κ1) is 20.6. The lowest BCUT2D eigenvalue weighted by Gasteiger charge is -2.38. The molecule has 1 saturated heterocycles. The van der Waals surface area contributed by atoms with Crippen LogP contribution in [0.3, 0.4) is 0 Å². The molecule has 1 atom stereocenters. The monoisotopic (exact) mass is 400 g/mol. The fourth-order valence-electron chi connectivity index (χ4n) is 3.71. The Balaban J connectivity index is 1.74. The van der Waals surface area contributed by atoms with Crippen molar-refractivity contribution >= 4 is 15.9 Å². The highest BCUT2D eigenvalue weighted by Gasteiger charge is 2.41. The number of aryl methyl sites for hydroxylation is 2. The van der Waals surface area contributed by atoms with Crippen LogP contribution in [-0.4, -0.2) is 31.7 Å². The quantitative estimate of drug-likeness (QED) is 0.836. The zero-order valence-corrected chi connectivity index (χ0v) is 17.6. The van der Waals surface area contributed by atoms with Crippen LogP contribution in [0.5, 0.6) is 0 Å². The van der Waals surface area contributed by atoms with Gasteiger partial charge in [-0.05, 0) is 62.4 Å². The van der Waals surface area contributed by atoms with Crippen molar-refractivity contribution in [2.45, 2.75) is 45.1 Å². The van der Waals surface area contributed by atoms with Gasteiger partial charge in [0.25, 0.3) is 0 Å². The van der Waals surface area contributed by atoms with Crippen molar-refractivity contribution in [3.05, 3.63) is 65.2 Å². The third-order valence-corrected chi connectivity index (χ3v) is 7.38. The molecule has 0 bridgehead atoms. The van der Waals surface area contributed by atoms with Crippen molar-refractivity contribution in [1.29, 1.82) is 0 Å². The summed E-state index contributed by atoms with van der Waals surface area (Å²) in [5.74, 6) is -0.0973. The molecule has 150 valence electrons. The Morgan fingerprint density at radius 2 is 1.89 bits per heavy atom. The van der Waals surface area contributed by atoms with Crippen LogP contribution in [-0.2, 0) is 21.4 Å². The highest BCUT2D eigenvalue weighted by Crippen LogP contribution is 2.33. The molecule has 0 aromatic heterocycles. The number of hydrogen-bond donors (Lipinski definition) is 1. The van der Waals surface area contributed by atoms with E-state index in [2.05, 4.69) is 5.32 Å². The molecule has 28 heavy (non-hydrogen) atoms. The molecule has 2 aromatic carbocycles. The summed E-state index contributed by atoms with van der Waals surface area (Å²) in [5, 5.41) is 3.01. The molecule has 5 nitrogen and oxygen atoms in total. The second-order valence-electron chi connectivity index (χ2n) is 7.93. The maximum Gasteiger partial charge on any atom is 0.243 e. The minimum absolute atomic E-state index is 0.0973. The molecule has 0 unspecified atom stereocenters. The molecule has 0 spiro atoms. The number of nitrogens with one attached hydrogen (secondary N) is 1. The Kier molecular flexibility index (Phi) is 5.91. The van der Waals surface area contributed by atoms with E-state index in [-0.39, 0.29) is 17.3 Å². The van der Waals surface area contributed by atoms with E-state index in [0.29, 0.717) is 25.9 Å². The van der Waals surface area contributed by atoms with E-state index in [1.807, 2.05) is 51.1 Å². The van der Waals surface area contributed by atoms with Gasteiger partial charge in [-0.1, -0.05) is 36.4 Å². The Morgan fingerprint density at radius 3 is 2.61 bits per heavy atom. The lowest BCUT2D eigenvalue weighted by atomic mass is 9.82. The van der Waals surface area contributed by atoms with Crippen LogP contribution in [0.2, 0.25) is 0 Å². The highest BCUT2D eigenvalue weighted by molar-refractivity contribution is 7.89. The first-order chi connectivity index (χ1) is 13.2. The van der Waals surface area contributed by atoms with Gasteiger partial charge in [-0.3, -0.25) is 4.79 Å².